The third-order valence-electron chi connectivity index (χ3n) is 2.25. The third-order valence-corrected chi connectivity index (χ3v) is 2.25. The van der Waals surface area contributed by atoms with Gasteiger partial charge in [-0.1, -0.05) is 0 Å². The molecule has 0 bridgehead atoms. The predicted molar refractivity (Wildman–Crippen MR) is 56.7 cm³/mol. The minimum absolute atomic E-state index is 0.0647. The second-order valence-corrected chi connectivity index (χ2v) is 3.34. The van der Waals surface area contributed by atoms with Gasteiger partial charge >= 0.3 is 6.03 Å². The first-order valence-electron chi connectivity index (χ1n) is 4.98. The topological polar surface area (TPSA) is 47.4 Å². The molecule has 0 radical (unpaired) electrons. The molecule has 15 heavy (non-hydrogen) atoms. The molecule has 1 atom stereocenters. The number of amides is 1. The highest BCUT2D eigenvalue weighted by atomic mass is 16.5. The molecule has 1 amide bonds. The van der Waals surface area contributed by atoms with Gasteiger partial charge in [-0.3, -0.25) is 4.57 Å². The molecule has 0 spiro atoms. The molecule has 0 fully saturated rings. The summed E-state index contributed by atoms with van der Waals surface area (Å²) in [5.74, 6) is 0. The van der Waals surface area contributed by atoms with Crippen LogP contribution in [0.1, 0.15) is 13.8 Å². The zero-order valence-corrected chi connectivity index (χ0v) is 9.38. The zero-order chi connectivity index (χ0) is 11.3. The summed E-state index contributed by atoms with van der Waals surface area (Å²) in [4.78, 5) is 17.5. The number of hydrogen-bond donors (Lipinski definition) is 0. The molecule has 0 aromatic carbocycles. The number of nitrogens with zero attached hydrogens (tertiary/aromatic N) is 3. The van der Waals surface area contributed by atoms with Gasteiger partial charge in [0.25, 0.3) is 0 Å². The highest BCUT2D eigenvalue weighted by Gasteiger charge is 2.19. The molecule has 0 saturated heterocycles. The van der Waals surface area contributed by atoms with Gasteiger partial charge in [0.05, 0.1) is 12.6 Å². The minimum Gasteiger partial charge on any atom is -0.383 e. The lowest BCUT2D eigenvalue weighted by atomic mass is 10.3. The molecule has 0 aliphatic heterocycles. The van der Waals surface area contributed by atoms with Crippen LogP contribution in [0.2, 0.25) is 0 Å². The number of carbonyl (C=O) groups is 1. The van der Waals surface area contributed by atoms with Gasteiger partial charge in [0.15, 0.2) is 0 Å². The number of hydrogen-bond acceptors (Lipinski definition) is 3. The lowest BCUT2D eigenvalue weighted by Crippen LogP contribution is -2.42. The number of imidazole rings is 1. The van der Waals surface area contributed by atoms with E-state index in [1.807, 2.05) is 13.8 Å². The van der Waals surface area contributed by atoms with E-state index in [1.54, 1.807) is 24.4 Å². The van der Waals surface area contributed by atoms with Gasteiger partial charge in [-0.25, -0.2) is 9.78 Å². The van der Waals surface area contributed by atoms with Gasteiger partial charge in [-0.05, 0) is 13.8 Å². The summed E-state index contributed by atoms with van der Waals surface area (Å²) in [7, 11) is 1.63. The van der Waals surface area contributed by atoms with Crippen molar-refractivity contribution in [3.63, 3.8) is 0 Å². The van der Waals surface area contributed by atoms with E-state index >= 15 is 0 Å². The maximum absolute atomic E-state index is 11.9. The molecule has 1 unspecified atom stereocenters. The predicted octanol–water partition coefficient (Wildman–Crippen LogP) is 1.21. The van der Waals surface area contributed by atoms with Crippen LogP contribution in [0.5, 0.6) is 0 Å². The Morgan fingerprint density at radius 1 is 1.67 bits per heavy atom. The van der Waals surface area contributed by atoms with Crippen molar-refractivity contribution in [1.82, 2.24) is 14.5 Å². The Morgan fingerprint density at radius 3 is 2.87 bits per heavy atom. The largest absolute Gasteiger partial charge is 0.383 e. The molecular formula is C10H17N3O2. The highest BCUT2D eigenvalue weighted by molar-refractivity contribution is 5.76. The number of methoxy groups -OCH3 is 1. The smallest absolute Gasteiger partial charge is 0.329 e. The highest BCUT2D eigenvalue weighted by Crippen LogP contribution is 2.03. The van der Waals surface area contributed by atoms with Gasteiger partial charge in [0.1, 0.15) is 6.33 Å². The van der Waals surface area contributed by atoms with E-state index in [2.05, 4.69) is 4.98 Å². The summed E-state index contributed by atoms with van der Waals surface area (Å²) >= 11 is 0. The molecule has 1 heterocycles. The van der Waals surface area contributed by atoms with Gasteiger partial charge in [0.2, 0.25) is 0 Å². The zero-order valence-electron chi connectivity index (χ0n) is 9.38. The van der Waals surface area contributed by atoms with Crippen LogP contribution in [0, 0.1) is 0 Å². The molecule has 1 aromatic heterocycles. The first-order valence-corrected chi connectivity index (χ1v) is 4.98. The minimum atomic E-state index is -0.0699. The van der Waals surface area contributed by atoms with Crippen molar-refractivity contribution in [3.05, 3.63) is 18.7 Å². The second kappa shape index (κ2) is 5.50. The van der Waals surface area contributed by atoms with E-state index in [4.69, 9.17) is 4.74 Å². The van der Waals surface area contributed by atoms with E-state index in [0.717, 1.165) is 0 Å². The average Bonchev–Trinajstić information content (AvgIpc) is 2.71. The van der Waals surface area contributed by atoms with Crippen LogP contribution in [0.3, 0.4) is 0 Å². The van der Waals surface area contributed by atoms with Gasteiger partial charge < -0.3 is 9.64 Å². The van der Waals surface area contributed by atoms with Crippen LogP contribution >= 0.6 is 0 Å². The summed E-state index contributed by atoms with van der Waals surface area (Å²) in [6.07, 6.45) is 4.74. The van der Waals surface area contributed by atoms with Gasteiger partial charge in [0, 0.05) is 26.0 Å². The molecule has 1 aromatic rings. The van der Waals surface area contributed by atoms with Gasteiger partial charge in [-0.2, -0.15) is 0 Å². The monoisotopic (exact) mass is 211 g/mol. The number of rotatable bonds is 4. The fourth-order valence-electron chi connectivity index (χ4n) is 1.49. The normalized spacial score (nSPS) is 12.5. The lowest BCUT2D eigenvalue weighted by molar-refractivity contribution is 0.114. The first kappa shape index (κ1) is 11.7. The maximum Gasteiger partial charge on any atom is 0.329 e. The molecule has 0 saturated carbocycles. The molecule has 5 nitrogen and oxygen atoms in total. The van der Waals surface area contributed by atoms with E-state index in [1.165, 1.54) is 10.9 Å². The third kappa shape index (κ3) is 2.79. The Hall–Kier alpha value is -1.36. The standard InChI is InChI=1S/C10H17N3O2/c1-4-13(9(2)7-15-3)10(14)12-6-5-11-8-12/h5-6,8-9H,4,7H2,1-3H3. The van der Waals surface area contributed by atoms with Gasteiger partial charge in [-0.15, -0.1) is 0 Å². The molecule has 0 N–H and O–H groups in total. The maximum atomic E-state index is 11.9. The van der Waals surface area contributed by atoms with E-state index in [0.29, 0.717) is 13.2 Å². The summed E-state index contributed by atoms with van der Waals surface area (Å²) in [6, 6.07) is -0.00514. The molecule has 0 aliphatic carbocycles. The lowest BCUT2D eigenvalue weighted by Gasteiger charge is -2.27. The molecule has 1 rings (SSSR count). The summed E-state index contributed by atoms with van der Waals surface area (Å²) in [5, 5.41) is 0. The first-order chi connectivity index (χ1) is 7.20. The summed E-state index contributed by atoms with van der Waals surface area (Å²) in [6.45, 7) is 5.10. The molecule has 5 heteroatoms. The van der Waals surface area contributed by atoms with Crippen LogP contribution < -0.4 is 0 Å². The Labute approximate surface area is 89.7 Å². The van der Waals surface area contributed by atoms with E-state index < -0.39 is 0 Å². The fraction of sp³-hybridized carbons (Fsp3) is 0.600. The fourth-order valence-corrected chi connectivity index (χ4v) is 1.49. The summed E-state index contributed by atoms with van der Waals surface area (Å²) < 4.78 is 6.50. The Bertz CT molecular complexity index is 298. The molecule has 84 valence electrons. The van der Waals surface area contributed by atoms with Crippen LogP contribution in [0.15, 0.2) is 18.7 Å². The van der Waals surface area contributed by atoms with Crippen molar-refractivity contribution in [3.8, 4) is 0 Å². The number of ether oxygens (including phenoxy) is 1. The molecular weight excluding hydrogens is 194 g/mol. The van der Waals surface area contributed by atoms with Crippen LogP contribution in [0.25, 0.3) is 0 Å². The van der Waals surface area contributed by atoms with Crippen molar-refractivity contribution in [2.75, 3.05) is 20.3 Å². The Kier molecular flexibility index (Phi) is 4.30. The van der Waals surface area contributed by atoms with Crippen LogP contribution in [-0.4, -0.2) is 46.8 Å². The SMILES string of the molecule is CCN(C(=O)n1ccnc1)C(C)COC. The second-order valence-electron chi connectivity index (χ2n) is 3.34. The quantitative estimate of drug-likeness (QED) is 0.752. The van der Waals surface area contributed by atoms with E-state index in [9.17, 15) is 4.79 Å². The van der Waals surface area contributed by atoms with E-state index in [-0.39, 0.29) is 12.1 Å². The van der Waals surface area contributed by atoms with Crippen molar-refractivity contribution in [1.29, 1.82) is 0 Å². The summed E-state index contributed by atoms with van der Waals surface area (Å²) in [5.41, 5.74) is 0. The Morgan fingerprint density at radius 2 is 2.40 bits per heavy atom. The molecule has 0 aliphatic rings. The number of aromatic nitrogens is 2. The number of carbonyl (C=O) groups excluding carboxylic acids is 1. The number of likely N-dealkylation sites (N-methyl/N-ethyl adjacent to an activating group) is 1. The Balaban J connectivity index is 2.70. The van der Waals surface area contributed by atoms with Crippen LogP contribution in [-0.2, 0) is 4.74 Å². The van der Waals surface area contributed by atoms with Crippen LogP contribution in [0.4, 0.5) is 4.79 Å². The average molecular weight is 211 g/mol. The van der Waals surface area contributed by atoms with Crippen molar-refractivity contribution < 1.29 is 9.53 Å². The van der Waals surface area contributed by atoms with Crippen molar-refractivity contribution in [2.45, 2.75) is 19.9 Å². The van der Waals surface area contributed by atoms with Crippen molar-refractivity contribution >= 4 is 6.03 Å². The van der Waals surface area contributed by atoms with Crippen molar-refractivity contribution in [2.24, 2.45) is 0 Å².